The fraction of sp³-hybridized carbons (Fsp3) is 0.308. The van der Waals surface area contributed by atoms with Gasteiger partial charge in [0.1, 0.15) is 0 Å². The van der Waals surface area contributed by atoms with E-state index in [1.807, 2.05) is 0 Å². The molecule has 0 spiro atoms. The van der Waals surface area contributed by atoms with Crippen molar-refractivity contribution in [3.8, 4) is 0 Å². The van der Waals surface area contributed by atoms with Crippen molar-refractivity contribution in [1.82, 2.24) is 9.62 Å². The summed E-state index contributed by atoms with van der Waals surface area (Å²) in [4.78, 5) is 11.8. The van der Waals surface area contributed by atoms with Crippen molar-refractivity contribution in [1.29, 1.82) is 0 Å². The van der Waals surface area contributed by atoms with E-state index < -0.39 is 10.0 Å². The van der Waals surface area contributed by atoms with Gasteiger partial charge in [0.15, 0.2) is 0 Å². The summed E-state index contributed by atoms with van der Waals surface area (Å²) in [6.45, 7) is 4.15. The molecule has 1 rings (SSSR count). The minimum atomic E-state index is -3.30. The molecule has 7 heteroatoms. The molecule has 110 valence electrons. The second-order valence-corrected chi connectivity index (χ2v) is 6.59. The molecule has 20 heavy (non-hydrogen) atoms. The van der Waals surface area contributed by atoms with Gasteiger partial charge in [0.25, 0.3) is 5.91 Å². The van der Waals surface area contributed by atoms with Crippen molar-refractivity contribution in [3.05, 3.63) is 47.5 Å². The Balaban J connectivity index is 2.52. The number of hydrogen-bond acceptors (Lipinski definition) is 3. The van der Waals surface area contributed by atoms with Crippen LogP contribution in [0.4, 0.5) is 0 Å². The van der Waals surface area contributed by atoms with Gasteiger partial charge in [-0.1, -0.05) is 17.7 Å². The molecular formula is C13H17ClN2O3S. The first-order valence-corrected chi connectivity index (χ1v) is 8.17. The lowest BCUT2D eigenvalue weighted by atomic mass is 10.2. The first kappa shape index (κ1) is 16.7. The number of carbonyl (C=O) groups is 1. The SMILES string of the molecule is C=CCN(CCNC(=O)c1ccc(Cl)cc1)S(C)(=O)=O. The van der Waals surface area contributed by atoms with Crippen LogP contribution in [0.3, 0.4) is 0 Å². The van der Waals surface area contributed by atoms with Gasteiger partial charge < -0.3 is 5.32 Å². The first-order chi connectivity index (χ1) is 9.34. The highest BCUT2D eigenvalue weighted by atomic mass is 35.5. The molecular weight excluding hydrogens is 300 g/mol. The molecule has 0 radical (unpaired) electrons. The highest BCUT2D eigenvalue weighted by molar-refractivity contribution is 7.88. The Morgan fingerprint density at radius 1 is 1.40 bits per heavy atom. The molecule has 0 aromatic heterocycles. The minimum absolute atomic E-state index is 0.199. The molecule has 1 aromatic carbocycles. The smallest absolute Gasteiger partial charge is 0.251 e. The lowest BCUT2D eigenvalue weighted by Crippen LogP contribution is -2.38. The second-order valence-electron chi connectivity index (χ2n) is 4.17. The van der Waals surface area contributed by atoms with Crippen molar-refractivity contribution in [2.45, 2.75) is 0 Å². The molecule has 0 aliphatic rings. The van der Waals surface area contributed by atoms with E-state index in [-0.39, 0.29) is 25.5 Å². The van der Waals surface area contributed by atoms with Gasteiger partial charge in [-0.3, -0.25) is 4.79 Å². The summed E-state index contributed by atoms with van der Waals surface area (Å²) < 4.78 is 24.1. The maximum absolute atomic E-state index is 11.8. The Labute approximate surface area is 124 Å². The summed E-state index contributed by atoms with van der Waals surface area (Å²) >= 11 is 5.73. The number of amides is 1. The summed E-state index contributed by atoms with van der Waals surface area (Å²) in [5, 5.41) is 3.21. The third-order valence-electron chi connectivity index (χ3n) is 2.55. The van der Waals surface area contributed by atoms with Crippen LogP contribution in [0.2, 0.25) is 5.02 Å². The molecule has 5 nitrogen and oxygen atoms in total. The lowest BCUT2D eigenvalue weighted by Gasteiger charge is -2.18. The maximum atomic E-state index is 11.8. The highest BCUT2D eigenvalue weighted by Crippen LogP contribution is 2.09. The Hall–Kier alpha value is -1.37. The van der Waals surface area contributed by atoms with Gasteiger partial charge in [-0.25, -0.2) is 8.42 Å². The van der Waals surface area contributed by atoms with Crippen LogP contribution in [0.15, 0.2) is 36.9 Å². The van der Waals surface area contributed by atoms with Crippen LogP contribution >= 0.6 is 11.6 Å². The zero-order chi connectivity index (χ0) is 15.2. The quantitative estimate of drug-likeness (QED) is 0.776. The molecule has 0 bridgehead atoms. The highest BCUT2D eigenvalue weighted by Gasteiger charge is 2.14. The minimum Gasteiger partial charge on any atom is -0.351 e. The standard InChI is InChI=1S/C13H17ClN2O3S/c1-3-9-16(20(2,18)19)10-8-15-13(17)11-4-6-12(14)7-5-11/h3-7H,1,8-10H2,2H3,(H,15,17). The number of nitrogens with zero attached hydrogens (tertiary/aromatic N) is 1. The zero-order valence-electron chi connectivity index (χ0n) is 11.2. The fourth-order valence-corrected chi connectivity index (χ4v) is 2.46. The second kappa shape index (κ2) is 7.42. The van der Waals surface area contributed by atoms with Gasteiger partial charge in [0.2, 0.25) is 10.0 Å². The van der Waals surface area contributed by atoms with E-state index in [9.17, 15) is 13.2 Å². The number of halogens is 1. The third kappa shape index (κ3) is 5.32. The maximum Gasteiger partial charge on any atom is 0.251 e. The number of carbonyl (C=O) groups excluding carboxylic acids is 1. The summed E-state index contributed by atoms with van der Waals surface area (Å²) in [6, 6.07) is 6.46. The van der Waals surface area contributed by atoms with Crippen LogP contribution in [-0.2, 0) is 10.0 Å². The third-order valence-corrected chi connectivity index (χ3v) is 4.08. The van der Waals surface area contributed by atoms with E-state index in [4.69, 9.17) is 11.6 Å². The Kier molecular flexibility index (Phi) is 6.19. The van der Waals surface area contributed by atoms with Gasteiger partial charge >= 0.3 is 0 Å². The Morgan fingerprint density at radius 2 is 2.00 bits per heavy atom. The zero-order valence-corrected chi connectivity index (χ0v) is 12.7. The van der Waals surface area contributed by atoms with Gasteiger partial charge in [0, 0.05) is 30.2 Å². The van der Waals surface area contributed by atoms with Gasteiger partial charge in [0.05, 0.1) is 6.26 Å². The van der Waals surface area contributed by atoms with E-state index in [2.05, 4.69) is 11.9 Å². The average molecular weight is 317 g/mol. The number of benzene rings is 1. The molecule has 0 aliphatic carbocycles. The van der Waals surface area contributed by atoms with E-state index >= 15 is 0 Å². The molecule has 1 N–H and O–H groups in total. The molecule has 0 heterocycles. The topological polar surface area (TPSA) is 66.5 Å². The van der Waals surface area contributed by atoms with Crippen LogP contribution in [-0.4, -0.2) is 44.5 Å². The van der Waals surface area contributed by atoms with Crippen molar-refractivity contribution in [3.63, 3.8) is 0 Å². The predicted octanol–water partition coefficient (Wildman–Crippen LogP) is 1.52. The van der Waals surface area contributed by atoms with Gasteiger partial charge in [-0.2, -0.15) is 4.31 Å². The summed E-state index contributed by atoms with van der Waals surface area (Å²) in [6.07, 6.45) is 2.62. The molecule has 0 saturated heterocycles. The first-order valence-electron chi connectivity index (χ1n) is 5.94. The van der Waals surface area contributed by atoms with Crippen LogP contribution in [0.25, 0.3) is 0 Å². The largest absolute Gasteiger partial charge is 0.351 e. The molecule has 0 unspecified atom stereocenters. The average Bonchev–Trinajstić information content (AvgIpc) is 2.37. The van der Waals surface area contributed by atoms with Crippen molar-refractivity contribution >= 4 is 27.5 Å². The Morgan fingerprint density at radius 3 is 2.50 bits per heavy atom. The van der Waals surface area contributed by atoms with Crippen LogP contribution in [0, 0.1) is 0 Å². The number of nitrogens with one attached hydrogen (secondary N) is 1. The molecule has 1 aromatic rings. The normalized spacial score (nSPS) is 11.3. The van der Waals surface area contributed by atoms with E-state index in [1.54, 1.807) is 24.3 Å². The van der Waals surface area contributed by atoms with E-state index in [0.29, 0.717) is 10.6 Å². The van der Waals surface area contributed by atoms with Gasteiger partial charge in [-0.15, -0.1) is 6.58 Å². The van der Waals surface area contributed by atoms with Crippen LogP contribution in [0.1, 0.15) is 10.4 Å². The molecule has 0 fully saturated rings. The fourth-order valence-electron chi connectivity index (χ4n) is 1.53. The molecule has 0 atom stereocenters. The monoisotopic (exact) mass is 316 g/mol. The van der Waals surface area contributed by atoms with Gasteiger partial charge in [-0.05, 0) is 24.3 Å². The number of rotatable bonds is 7. The lowest BCUT2D eigenvalue weighted by molar-refractivity contribution is 0.0952. The Bertz CT molecular complexity index is 570. The summed E-state index contributed by atoms with van der Waals surface area (Å²) in [5.74, 6) is -0.270. The number of sulfonamides is 1. The van der Waals surface area contributed by atoms with Crippen LogP contribution < -0.4 is 5.32 Å². The van der Waals surface area contributed by atoms with Crippen LogP contribution in [0.5, 0.6) is 0 Å². The predicted molar refractivity (Wildman–Crippen MR) is 80.4 cm³/mol. The molecule has 1 amide bonds. The molecule has 0 saturated carbocycles. The van der Waals surface area contributed by atoms with Crippen molar-refractivity contribution in [2.75, 3.05) is 25.9 Å². The summed E-state index contributed by atoms with van der Waals surface area (Å²) in [5.41, 5.74) is 0.476. The van der Waals surface area contributed by atoms with Crippen molar-refractivity contribution < 1.29 is 13.2 Å². The van der Waals surface area contributed by atoms with E-state index in [1.165, 1.54) is 10.4 Å². The summed E-state index contributed by atoms with van der Waals surface area (Å²) in [7, 11) is -3.30. The van der Waals surface area contributed by atoms with Crippen molar-refractivity contribution in [2.24, 2.45) is 0 Å². The van der Waals surface area contributed by atoms with E-state index in [0.717, 1.165) is 6.26 Å². The number of hydrogen-bond donors (Lipinski definition) is 1. The molecule has 0 aliphatic heterocycles.